The van der Waals surface area contributed by atoms with Crippen LogP contribution < -0.4 is 5.32 Å². The molecule has 1 unspecified atom stereocenters. The molecule has 0 fully saturated rings. The van der Waals surface area contributed by atoms with Crippen molar-refractivity contribution >= 4 is 11.7 Å². The van der Waals surface area contributed by atoms with E-state index in [0.717, 1.165) is 16.9 Å². The van der Waals surface area contributed by atoms with E-state index in [4.69, 9.17) is 4.74 Å². The van der Waals surface area contributed by atoms with Gasteiger partial charge in [-0.2, -0.15) is 0 Å². The molecule has 5 nitrogen and oxygen atoms in total. The molecule has 20 heavy (non-hydrogen) atoms. The summed E-state index contributed by atoms with van der Waals surface area (Å²) in [6.45, 7) is 3.90. The predicted octanol–water partition coefficient (Wildman–Crippen LogP) is 2.74. The monoisotopic (exact) mass is 271 g/mol. The van der Waals surface area contributed by atoms with Crippen LogP contribution in [0.5, 0.6) is 0 Å². The largest absolute Gasteiger partial charge is 0.465 e. The van der Waals surface area contributed by atoms with Gasteiger partial charge >= 0.3 is 5.97 Å². The van der Waals surface area contributed by atoms with Crippen molar-refractivity contribution in [2.24, 2.45) is 0 Å². The second-order valence-corrected chi connectivity index (χ2v) is 4.54. The summed E-state index contributed by atoms with van der Waals surface area (Å²) in [5, 5.41) is 3.27. The Labute approximate surface area is 118 Å². The van der Waals surface area contributed by atoms with E-state index in [1.165, 1.54) is 7.11 Å². The van der Waals surface area contributed by atoms with Crippen molar-refractivity contribution in [1.82, 2.24) is 9.97 Å². The Balaban J connectivity index is 2.27. The summed E-state index contributed by atoms with van der Waals surface area (Å²) in [7, 11) is 1.38. The summed E-state index contributed by atoms with van der Waals surface area (Å²) in [5.41, 5.74) is 3.05. The number of ether oxygens (including phenoxy) is 1. The Hall–Kier alpha value is -2.43. The number of methoxy groups -OCH3 is 1. The van der Waals surface area contributed by atoms with Gasteiger partial charge in [-0.15, -0.1) is 0 Å². The standard InChI is InChI=1S/C15H17N3O2/c1-10-4-5-13(12(8-10)15(19)20-3)18-11(2)14-9-16-6-7-17-14/h4-9,11,18H,1-3H3. The molecule has 0 saturated carbocycles. The highest BCUT2D eigenvalue weighted by Gasteiger charge is 2.15. The lowest BCUT2D eigenvalue weighted by Crippen LogP contribution is -2.13. The van der Waals surface area contributed by atoms with E-state index >= 15 is 0 Å². The number of hydrogen-bond acceptors (Lipinski definition) is 5. The van der Waals surface area contributed by atoms with E-state index in [1.807, 2.05) is 26.0 Å². The summed E-state index contributed by atoms with van der Waals surface area (Å²) in [6.07, 6.45) is 4.97. The van der Waals surface area contributed by atoms with Gasteiger partial charge in [0.2, 0.25) is 0 Å². The third-order valence-electron chi connectivity index (χ3n) is 2.98. The van der Waals surface area contributed by atoms with Crippen molar-refractivity contribution in [3.8, 4) is 0 Å². The fourth-order valence-electron chi connectivity index (χ4n) is 1.90. The second-order valence-electron chi connectivity index (χ2n) is 4.54. The Kier molecular flexibility index (Phi) is 4.30. The molecule has 0 spiro atoms. The molecule has 1 aromatic heterocycles. The normalized spacial score (nSPS) is 11.8. The summed E-state index contributed by atoms with van der Waals surface area (Å²) in [5.74, 6) is -0.359. The van der Waals surface area contributed by atoms with E-state index in [0.29, 0.717) is 5.56 Å². The molecule has 0 aliphatic rings. The first kappa shape index (κ1) is 14.0. The quantitative estimate of drug-likeness (QED) is 0.866. The molecule has 0 aliphatic carbocycles. The van der Waals surface area contributed by atoms with E-state index in [1.54, 1.807) is 24.7 Å². The maximum Gasteiger partial charge on any atom is 0.339 e. The highest BCUT2D eigenvalue weighted by atomic mass is 16.5. The van der Waals surface area contributed by atoms with Crippen molar-refractivity contribution in [2.75, 3.05) is 12.4 Å². The second kappa shape index (κ2) is 6.14. The zero-order valence-electron chi connectivity index (χ0n) is 11.8. The lowest BCUT2D eigenvalue weighted by molar-refractivity contribution is 0.0601. The fourth-order valence-corrected chi connectivity index (χ4v) is 1.90. The Morgan fingerprint density at radius 3 is 2.80 bits per heavy atom. The van der Waals surface area contributed by atoms with Gasteiger partial charge in [-0.25, -0.2) is 4.79 Å². The van der Waals surface area contributed by atoms with Gasteiger partial charge in [0.25, 0.3) is 0 Å². The molecule has 0 aliphatic heterocycles. The van der Waals surface area contributed by atoms with Crippen LogP contribution in [0.1, 0.15) is 34.6 Å². The molecule has 5 heteroatoms. The molecular weight excluding hydrogens is 254 g/mol. The van der Waals surface area contributed by atoms with Gasteiger partial charge in [-0.1, -0.05) is 11.6 Å². The van der Waals surface area contributed by atoms with Gasteiger partial charge in [0, 0.05) is 18.1 Å². The van der Waals surface area contributed by atoms with Crippen LogP contribution in [0.2, 0.25) is 0 Å². The molecule has 1 N–H and O–H groups in total. The van der Waals surface area contributed by atoms with E-state index in [9.17, 15) is 4.79 Å². The molecule has 2 rings (SSSR count). The molecular formula is C15H17N3O2. The maximum atomic E-state index is 11.8. The van der Waals surface area contributed by atoms with E-state index < -0.39 is 0 Å². The number of carbonyl (C=O) groups is 1. The van der Waals surface area contributed by atoms with Crippen molar-refractivity contribution in [1.29, 1.82) is 0 Å². The molecule has 1 aromatic carbocycles. The number of nitrogens with one attached hydrogen (secondary N) is 1. The Morgan fingerprint density at radius 2 is 2.15 bits per heavy atom. The number of carbonyl (C=O) groups excluding carboxylic acids is 1. The van der Waals surface area contributed by atoms with Gasteiger partial charge in [0.1, 0.15) is 0 Å². The number of aryl methyl sites for hydroxylation is 1. The van der Waals surface area contributed by atoms with Gasteiger partial charge in [-0.3, -0.25) is 9.97 Å². The number of benzene rings is 1. The minimum Gasteiger partial charge on any atom is -0.465 e. The van der Waals surface area contributed by atoms with Crippen LogP contribution in [0.4, 0.5) is 5.69 Å². The van der Waals surface area contributed by atoms with Gasteiger partial charge < -0.3 is 10.1 Å². The lowest BCUT2D eigenvalue weighted by atomic mass is 10.1. The number of aromatic nitrogens is 2. The van der Waals surface area contributed by atoms with E-state index in [-0.39, 0.29) is 12.0 Å². The van der Waals surface area contributed by atoms with E-state index in [2.05, 4.69) is 15.3 Å². The van der Waals surface area contributed by atoms with Crippen molar-refractivity contribution in [3.05, 3.63) is 53.6 Å². The summed E-state index contributed by atoms with van der Waals surface area (Å²) in [4.78, 5) is 20.1. The van der Waals surface area contributed by atoms with Crippen LogP contribution in [0.3, 0.4) is 0 Å². The number of esters is 1. The smallest absolute Gasteiger partial charge is 0.339 e. The van der Waals surface area contributed by atoms with Crippen LogP contribution in [0.15, 0.2) is 36.8 Å². The zero-order valence-corrected chi connectivity index (χ0v) is 11.8. The molecule has 1 atom stereocenters. The summed E-state index contributed by atoms with van der Waals surface area (Å²) in [6, 6.07) is 5.55. The lowest BCUT2D eigenvalue weighted by Gasteiger charge is -2.17. The topological polar surface area (TPSA) is 64.1 Å². The van der Waals surface area contributed by atoms with Crippen LogP contribution in [-0.4, -0.2) is 23.0 Å². The molecule has 0 saturated heterocycles. The van der Waals surface area contributed by atoms with Crippen LogP contribution in [-0.2, 0) is 4.74 Å². The number of rotatable bonds is 4. The average Bonchev–Trinajstić information content (AvgIpc) is 2.49. The summed E-state index contributed by atoms with van der Waals surface area (Å²) >= 11 is 0. The fraction of sp³-hybridized carbons (Fsp3) is 0.267. The van der Waals surface area contributed by atoms with Crippen molar-refractivity contribution < 1.29 is 9.53 Å². The molecule has 0 radical (unpaired) electrons. The van der Waals surface area contributed by atoms with Crippen LogP contribution in [0, 0.1) is 6.92 Å². The maximum absolute atomic E-state index is 11.8. The molecule has 2 aromatic rings. The first-order valence-corrected chi connectivity index (χ1v) is 6.33. The van der Waals surface area contributed by atoms with Gasteiger partial charge in [-0.05, 0) is 26.0 Å². The van der Waals surface area contributed by atoms with Gasteiger partial charge in [0.05, 0.1) is 30.6 Å². The zero-order chi connectivity index (χ0) is 14.5. The number of nitrogens with zero attached hydrogens (tertiary/aromatic N) is 2. The first-order chi connectivity index (χ1) is 9.61. The third kappa shape index (κ3) is 3.12. The minimum atomic E-state index is -0.359. The minimum absolute atomic E-state index is 0.0604. The Morgan fingerprint density at radius 1 is 1.35 bits per heavy atom. The highest BCUT2D eigenvalue weighted by molar-refractivity contribution is 5.95. The SMILES string of the molecule is COC(=O)c1cc(C)ccc1NC(C)c1cnccn1. The van der Waals surface area contributed by atoms with Gasteiger partial charge in [0.15, 0.2) is 0 Å². The van der Waals surface area contributed by atoms with Crippen LogP contribution in [0.25, 0.3) is 0 Å². The molecule has 104 valence electrons. The molecule has 0 amide bonds. The predicted molar refractivity (Wildman–Crippen MR) is 76.6 cm³/mol. The molecule has 0 bridgehead atoms. The number of anilines is 1. The first-order valence-electron chi connectivity index (χ1n) is 6.33. The van der Waals surface area contributed by atoms with Crippen molar-refractivity contribution in [2.45, 2.75) is 19.9 Å². The molecule has 1 heterocycles. The number of hydrogen-bond donors (Lipinski definition) is 1. The average molecular weight is 271 g/mol. The summed E-state index contributed by atoms with van der Waals surface area (Å²) < 4.78 is 4.81. The van der Waals surface area contributed by atoms with Crippen molar-refractivity contribution in [3.63, 3.8) is 0 Å². The third-order valence-corrected chi connectivity index (χ3v) is 2.98. The Bertz CT molecular complexity index is 599. The highest BCUT2D eigenvalue weighted by Crippen LogP contribution is 2.23. The van der Waals surface area contributed by atoms with Crippen LogP contribution >= 0.6 is 0 Å².